The fraction of sp³-hybridized carbons (Fsp3) is 0.158. The van der Waals surface area contributed by atoms with Gasteiger partial charge < -0.3 is 19.2 Å². The van der Waals surface area contributed by atoms with E-state index in [2.05, 4.69) is 10.3 Å². The van der Waals surface area contributed by atoms with Gasteiger partial charge in [-0.05, 0) is 35.9 Å². The third-order valence-corrected chi connectivity index (χ3v) is 3.87. The number of amides is 1. The highest BCUT2D eigenvalue weighted by molar-refractivity contribution is 5.81. The second-order valence-corrected chi connectivity index (χ2v) is 5.61. The van der Waals surface area contributed by atoms with Crippen LogP contribution in [0.25, 0.3) is 11.5 Å². The van der Waals surface area contributed by atoms with Crippen LogP contribution in [0.1, 0.15) is 5.56 Å². The summed E-state index contributed by atoms with van der Waals surface area (Å²) in [7, 11) is 0. The highest BCUT2D eigenvalue weighted by Crippen LogP contribution is 2.30. The lowest BCUT2D eigenvalue weighted by Crippen LogP contribution is -2.43. The summed E-state index contributed by atoms with van der Waals surface area (Å²) in [6.07, 6.45) is 2.66. The summed E-state index contributed by atoms with van der Waals surface area (Å²) in [5.41, 5.74) is 1.64. The van der Waals surface area contributed by atoms with Gasteiger partial charge >= 0.3 is 0 Å². The van der Waals surface area contributed by atoms with E-state index in [1.54, 1.807) is 18.5 Å². The van der Waals surface area contributed by atoms with E-state index >= 15 is 0 Å². The van der Waals surface area contributed by atoms with E-state index < -0.39 is 6.10 Å². The maximum Gasteiger partial charge on any atom is 0.264 e. The number of furan rings is 1. The third kappa shape index (κ3) is 3.33. The molecule has 0 radical (unpaired) electrons. The number of para-hydroxylation sites is 2. The minimum atomic E-state index is -0.662. The predicted molar refractivity (Wildman–Crippen MR) is 90.1 cm³/mol. The Bertz CT molecular complexity index is 859. The SMILES string of the molecule is O=C(NCc1ccc(-c2ccco2)nc1)C1COc2ccccc2O1. The Morgan fingerprint density at radius 1 is 1.12 bits per heavy atom. The molecule has 0 saturated carbocycles. The number of ether oxygens (including phenoxy) is 2. The van der Waals surface area contributed by atoms with Crippen LogP contribution < -0.4 is 14.8 Å². The minimum Gasteiger partial charge on any atom is -0.485 e. The largest absolute Gasteiger partial charge is 0.485 e. The number of rotatable bonds is 4. The van der Waals surface area contributed by atoms with Crippen LogP contribution in [0.5, 0.6) is 11.5 Å². The van der Waals surface area contributed by atoms with Crippen LogP contribution in [0.4, 0.5) is 0 Å². The molecule has 6 nitrogen and oxygen atoms in total. The molecule has 0 fully saturated rings. The first-order valence-corrected chi connectivity index (χ1v) is 7.94. The van der Waals surface area contributed by atoms with Gasteiger partial charge in [-0.1, -0.05) is 18.2 Å². The van der Waals surface area contributed by atoms with Crippen molar-refractivity contribution in [1.82, 2.24) is 10.3 Å². The van der Waals surface area contributed by atoms with Gasteiger partial charge in [0.25, 0.3) is 5.91 Å². The highest BCUT2D eigenvalue weighted by Gasteiger charge is 2.26. The zero-order valence-corrected chi connectivity index (χ0v) is 13.3. The van der Waals surface area contributed by atoms with E-state index in [9.17, 15) is 4.79 Å². The maximum absolute atomic E-state index is 12.3. The van der Waals surface area contributed by atoms with Crippen LogP contribution >= 0.6 is 0 Å². The summed E-state index contributed by atoms with van der Waals surface area (Å²) in [6, 6.07) is 14.7. The molecule has 6 heteroatoms. The Hall–Kier alpha value is -3.28. The van der Waals surface area contributed by atoms with E-state index in [0.717, 1.165) is 11.3 Å². The molecule has 0 aliphatic carbocycles. The number of carbonyl (C=O) groups is 1. The molecule has 1 aliphatic rings. The smallest absolute Gasteiger partial charge is 0.264 e. The molecule has 0 bridgehead atoms. The topological polar surface area (TPSA) is 73.6 Å². The second-order valence-electron chi connectivity index (χ2n) is 5.61. The molecule has 1 aromatic carbocycles. The van der Waals surface area contributed by atoms with Crippen molar-refractivity contribution in [3.63, 3.8) is 0 Å². The van der Waals surface area contributed by atoms with Gasteiger partial charge in [0.1, 0.15) is 12.3 Å². The quantitative estimate of drug-likeness (QED) is 0.793. The van der Waals surface area contributed by atoms with E-state index in [0.29, 0.717) is 23.8 Å². The molecule has 1 amide bonds. The molecule has 2 aromatic heterocycles. The number of hydrogen-bond acceptors (Lipinski definition) is 5. The van der Waals surface area contributed by atoms with Gasteiger partial charge in [0, 0.05) is 12.7 Å². The van der Waals surface area contributed by atoms with E-state index in [1.165, 1.54) is 0 Å². The Morgan fingerprint density at radius 2 is 2.00 bits per heavy atom. The van der Waals surface area contributed by atoms with Crippen LogP contribution in [-0.2, 0) is 11.3 Å². The summed E-state index contributed by atoms with van der Waals surface area (Å²) < 4.78 is 16.5. The number of aromatic nitrogens is 1. The molecular weight excluding hydrogens is 320 g/mol. The first kappa shape index (κ1) is 15.3. The fourth-order valence-corrected chi connectivity index (χ4v) is 2.55. The maximum atomic E-state index is 12.3. The fourth-order valence-electron chi connectivity index (χ4n) is 2.55. The monoisotopic (exact) mass is 336 g/mol. The highest BCUT2D eigenvalue weighted by atomic mass is 16.6. The van der Waals surface area contributed by atoms with Crippen molar-refractivity contribution in [3.8, 4) is 23.0 Å². The lowest BCUT2D eigenvalue weighted by Gasteiger charge is -2.25. The van der Waals surface area contributed by atoms with Crippen molar-refractivity contribution in [3.05, 3.63) is 66.6 Å². The first-order valence-electron chi connectivity index (χ1n) is 7.94. The summed E-state index contributed by atoms with van der Waals surface area (Å²) in [5.74, 6) is 1.73. The van der Waals surface area contributed by atoms with Gasteiger partial charge in [-0.3, -0.25) is 9.78 Å². The Labute approximate surface area is 144 Å². The summed E-state index contributed by atoms with van der Waals surface area (Å²) in [4.78, 5) is 16.6. The molecule has 4 rings (SSSR count). The second kappa shape index (κ2) is 6.68. The molecule has 1 unspecified atom stereocenters. The normalized spacial score (nSPS) is 15.6. The lowest BCUT2D eigenvalue weighted by molar-refractivity contribution is -0.130. The number of benzene rings is 1. The van der Waals surface area contributed by atoms with Crippen molar-refractivity contribution < 1.29 is 18.7 Å². The van der Waals surface area contributed by atoms with Crippen molar-refractivity contribution in [2.24, 2.45) is 0 Å². The predicted octanol–water partition coefficient (Wildman–Crippen LogP) is 2.80. The molecule has 0 spiro atoms. The summed E-state index contributed by atoms with van der Waals surface area (Å²) in [6.45, 7) is 0.560. The van der Waals surface area contributed by atoms with Crippen molar-refractivity contribution in [1.29, 1.82) is 0 Å². The van der Waals surface area contributed by atoms with E-state index in [4.69, 9.17) is 13.9 Å². The van der Waals surface area contributed by atoms with Crippen molar-refractivity contribution in [2.45, 2.75) is 12.6 Å². The van der Waals surface area contributed by atoms with Crippen LogP contribution in [0.2, 0.25) is 0 Å². The lowest BCUT2D eigenvalue weighted by atomic mass is 10.2. The third-order valence-electron chi connectivity index (χ3n) is 3.87. The van der Waals surface area contributed by atoms with Gasteiger partial charge in [-0.25, -0.2) is 0 Å². The van der Waals surface area contributed by atoms with Crippen LogP contribution in [0.3, 0.4) is 0 Å². The van der Waals surface area contributed by atoms with Gasteiger partial charge in [-0.2, -0.15) is 0 Å². The Balaban J connectivity index is 1.35. The van der Waals surface area contributed by atoms with Crippen molar-refractivity contribution in [2.75, 3.05) is 6.61 Å². The first-order chi connectivity index (χ1) is 12.3. The molecule has 126 valence electrons. The molecule has 3 heterocycles. The number of nitrogens with one attached hydrogen (secondary N) is 1. The van der Waals surface area contributed by atoms with Gasteiger partial charge in [0.2, 0.25) is 6.10 Å². The molecule has 25 heavy (non-hydrogen) atoms. The van der Waals surface area contributed by atoms with E-state index in [1.807, 2.05) is 42.5 Å². The molecule has 3 aromatic rings. The average Bonchev–Trinajstić information content (AvgIpc) is 3.21. The summed E-state index contributed by atoms with van der Waals surface area (Å²) in [5, 5.41) is 2.85. The Kier molecular flexibility index (Phi) is 4.08. The number of hydrogen-bond donors (Lipinski definition) is 1. The van der Waals surface area contributed by atoms with Gasteiger partial charge in [0.15, 0.2) is 17.3 Å². The number of pyridine rings is 1. The Morgan fingerprint density at radius 3 is 2.76 bits per heavy atom. The van der Waals surface area contributed by atoms with Crippen LogP contribution in [0.15, 0.2) is 65.4 Å². The van der Waals surface area contributed by atoms with Crippen molar-refractivity contribution >= 4 is 5.91 Å². The number of nitrogens with zero attached hydrogens (tertiary/aromatic N) is 1. The molecule has 1 atom stereocenters. The van der Waals surface area contributed by atoms with Gasteiger partial charge in [-0.15, -0.1) is 0 Å². The van der Waals surface area contributed by atoms with Crippen LogP contribution in [-0.4, -0.2) is 23.6 Å². The number of fused-ring (bicyclic) bond motifs is 1. The van der Waals surface area contributed by atoms with Crippen LogP contribution in [0, 0.1) is 0 Å². The average molecular weight is 336 g/mol. The molecule has 1 N–H and O–H groups in total. The summed E-state index contributed by atoms with van der Waals surface area (Å²) >= 11 is 0. The zero-order chi connectivity index (χ0) is 17.1. The van der Waals surface area contributed by atoms with Gasteiger partial charge in [0.05, 0.1) is 6.26 Å². The van der Waals surface area contributed by atoms with E-state index in [-0.39, 0.29) is 12.5 Å². The molecule has 1 aliphatic heterocycles. The minimum absolute atomic E-state index is 0.193. The molecular formula is C19H16N2O4. The standard InChI is InChI=1S/C19H16N2O4/c22-19(18-12-24-16-4-1-2-5-17(16)25-18)21-11-13-7-8-14(20-10-13)15-6-3-9-23-15/h1-10,18H,11-12H2,(H,21,22). The molecule has 0 saturated heterocycles. The number of carbonyl (C=O) groups excluding carboxylic acids is 1. The zero-order valence-electron chi connectivity index (χ0n) is 13.3.